The van der Waals surface area contributed by atoms with Crippen molar-refractivity contribution < 1.29 is 0 Å². The van der Waals surface area contributed by atoms with Gasteiger partial charge in [-0.3, -0.25) is 4.68 Å². The van der Waals surface area contributed by atoms with E-state index >= 15 is 0 Å². The number of aryl methyl sites for hydroxylation is 2. The largest absolute Gasteiger partial charge is 0.368 e. The van der Waals surface area contributed by atoms with Crippen LogP contribution in [-0.4, -0.2) is 36.0 Å². The van der Waals surface area contributed by atoms with Crippen LogP contribution in [0.2, 0.25) is 0 Å². The molecule has 1 aliphatic rings. The predicted octanol–water partition coefficient (Wildman–Crippen LogP) is 2.79. The second-order valence-electron chi connectivity index (χ2n) is 5.45. The zero-order valence-corrected chi connectivity index (χ0v) is 13.3. The second kappa shape index (κ2) is 5.98. The van der Waals surface area contributed by atoms with E-state index in [1.807, 2.05) is 18.7 Å². The van der Waals surface area contributed by atoms with Crippen LogP contribution in [0.4, 0.5) is 11.5 Å². The van der Waals surface area contributed by atoms with Gasteiger partial charge < -0.3 is 9.80 Å². The number of para-hydroxylation sites is 1. The molecular formula is C16H21ClN4. The van der Waals surface area contributed by atoms with E-state index in [1.165, 1.54) is 11.5 Å². The van der Waals surface area contributed by atoms with Crippen LogP contribution in [0, 0.1) is 6.92 Å². The molecule has 1 fully saturated rings. The number of aromatic nitrogens is 2. The summed E-state index contributed by atoms with van der Waals surface area (Å²) in [6.45, 7) is 6.07. The first-order valence-corrected chi connectivity index (χ1v) is 7.87. The first kappa shape index (κ1) is 14.3. The van der Waals surface area contributed by atoms with Gasteiger partial charge in [-0.05, 0) is 19.1 Å². The number of hydrogen-bond acceptors (Lipinski definition) is 3. The highest BCUT2D eigenvalue weighted by Crippen LogP contribution is 2.26. The Morgan fingerprint density at radius 2 is 1.67 bits per heavy atom. The molecule has 2 aromatic rings. The lowest BCUT2D eigenvalue weighted by Crippen LogP contribution is -2.47. The van der Waals surface area contributed by atoms with Crippen molar-refractivity contribution >= 4 is 23.1 Å². The molecule has 0 atom stereocenters. The Morgan fingerprint density at radius 3 is 2.29 bits per heavy atom. The highest BCUT2D eigenvalue weighted by Gasteiger charge is 2.23. The molecule has 0 unspecified atom stereocenters. The van der Waals surface area contributed by atoms with E-state index in [9.17, 15) is 0 Å². The van der Waals surface area contributed by atoms with Crippen molar-refractivity contribution in [1.82, 2.24) is 9.78 Å². The number of anilines is 2. The molecule has 2 heterocycles. The molecule has 0 bridgehead atoms. The molecule has 4 nitrogen and oxygen atoms in total. The van der Waals surface area contributed by atoms with Crippen molar-refractivity contribution in [3.63, 3.8) is 0 Å². The maximum atomic E-state index is 6.10. The summed E-state index contributed by atoms with van der Waals surface area (Å²) in [5, 5.41) is 4.51. The van der Waals surface area contributed by atoms with Gasteiger partial charge in [0.25, 0.3) is 0 Å². The van der Waals surface area contributed by atoms with Crippen molar-refractivity contribution in [2.75, 3.05) is 36.0 Å². The van der Waals surface area contributed by atoms with Crippen molar-refractivity contribution in [2.24, 2.45) is 7.05 Å². The first-order valence-electron chi connectivity index (χ1n) is 7.34. The third-order valence-electron chi connectivity index (χ3n) is 4.15. The molecule has 0 amide bonds. The molecule has 1 aromatic heterocycles. The topological polar surface area (TPSA) is 24.3 Å². The van der Waals surface area contributed by atoms with Crippen LogP contribution in [0.5, 0.6) is 0 Å². The Hall–Kier alpha value is -1.68. The average Bonchev–Trinajstić information content (AvgIpc) is 2.82. The van der Waals surface area contributed by atoms with E-state index < -0.39 is 0 Å². The van der Waals surface area contributed by atoms with E-state index in [1.54, 1.807) is 0 Å². The summed E-state index contributed by atoms with van der Waals surface area (Å²) in [5.74, 6) is 1.70. The van der Waals surface area contributed by atoms with Gasteiger partial charge in [-0.25, -0.2) is 0 Å². The second-order valence-corrected chi connectivity index (χ2v) is 5.72. The third kappa shape index (κ3) is 2.72. The molecule has 112 valence electrons. The number of halogens is 1. The van der Waals surface area contributed by atoms with Crippen molar-refractivity contribution in [2.45, 2.75) is 12.8 Å². The Labute approximate surface area is 130 Å². The van der Waals surface area contributed by atoms with Gasteiger partial charge in [0, 0.05) is 44.5 Å². The van der Waals surface area contributed by atoms with Crippen LogP contribution in [0.25, 0.3) is 0 Å². The van der Waals surface area contributed by atoms with E-state index in [4.69, 9.17) is 11.6 Å². The molecular weight excluding hydrogens is 284 g/mol. The van der Waals surface area contributed by atoms with Crippen LogP contribution in [-0.2, 0) is 12.9 Å². The van der Waals surface area contributed by atoms with Crippen LogP contribution >= 0.6 is 11.6 Å². The lowest BCUT2D eigenvalue weighted by atomic mass is 10.2. The minimum Gasteiger partial charge on any atom is -0.368 e. The van der Waals surface area contributed by atoms with Gasteiger partial charge in [-0.1, -0.05) is 18.2 Å². The molecule has 0 saturated carbocycles. The molecule has 21 heavy (non-hydrogen) atoms. The monoisotopic (exact) mass is 304 g/mol. The highest BCUT2D eigenvalue weighted by molar-refractivity contribution is 6.17. The SMILES string of the molecule is Cc1nn(C)c(N2CCN(c3ccccc3)CC2)c1CCl. The maximum absolute atomic E-state index is 6.10. The van der Waals surface area contributed by atoms with Gasteiger partial charge >= 0.3 is 0 Å². The number of hydrogen-bond donors (Lipinski definition) is 0. The van der Waals surface area contributed by atoms with Gasteiger partial charge in [0.15, 0.2) is 0 Å². The molecule has 0 aliphatic carbocycles. The molecule has 0 N–H and O–H groups in total. The number of alkyl halides is 1. The number of piperazine rings is 1. The standard InChI is InChI=1S/C16H21ClN4/c1-13-15(12-17)16(19(2)18-13)21-10-8-20(9-11-21)14-6-4-3-5-7-14/h3-7H,8-12H2,1-2H3. The van der Waals surface area contributed by atoms with Crippen LogP contribution in [0.3, 0.4) is 0 Å². The fraction of sp³-hybridized carbons (Fsp3) is 0.438. The van der Waals surface area contributed by atoms with Crippen molar-refractivity contribution in [1.29, 1.82) is 0 Å². The summed E-state index contributed by atoms with van der Waals surface area (Å²) in [6.07, 6.45) is 0. The van der Waals surface area contributed by atoms with Crippen LogP contribution in [0.1, 0.15) is 11.3 Å². The summed E-state index contributed by atoms with van der Waals surface area (Å²) >= 11 is 6.10. The number of rotatable bonds is 3. The average molecular weight is 305 g/mol. The van der Waals surface area contributed by atoms with Crippen LogP contribution < -0.4 is 9.80 Å². The molecule has 0 spiro atoms. The third-order valence-corrected chi connectivity index (χ3v) is 4.41. The van der Waals surface area contributed by atoms with Gasteiger partial charge in [0.2, 0.25) is 0 Å². The Bertz CT molecular complexity index is 600. The fourth-order valence-corrected chi connectivity index (χ4v) is 3.37. The van der Waals surface area contributed by atoms with E-state index in [-0.39, 0.29) is 0 Å². The molecule has 3 rings (SSSR count). The smallest absolute Gasteiger partial charge is 0.131 e. The van der Waals surface area contributed by atoms with Crippen molar-refractivity contribution in [3.8, 4) is 0 Å². The summed E-state index contributed by atoms with van der Waals surface area (Å²) in [7, 11) is 2.00. The van der Waals surface area contributed by atoms with Gasteiger partial charge in [0.1, 0.15) is 5.82 Å². The normalized spacial score (nSPS) is 15.6. The maximum Gasteiger partial charge on any atom is 0.131 e. The van der Waals surface area contributed by atoms with Crippen LogP contribution in [0.15, 0.2) is 30.3 Å². The summed E-state index contributed by atoms with van der Waals surface area (Å²) in [4.78, 5) is 4.83. The summed E-state index contributed by atoms with van der Waals surface area (Å²) < 4.78 is 1.96. The minimum atomic E-state index is 0.522. The minimum absolute atomic E-state index is 0.522. The van der Waals surface area contributed by atoms with Gasteiger partial charge in [-0.2, -0.15) is 5.10 Å². The van der Waals surface area contributed by atoms with Gasteiger partial charge in [-0.15, -0.1) is 11.6 Å². The highest BCUT2D eigenvalue weighted by atomic mass is 35.5. The molecule has 0 radical (unpaired) electrons. The van der Waals surface area contributed by atoms with E-state index in [0.29, 0.717) is 5.88 Å². The van der Waals surface area contributed by atoms with Gasteiger partial charge in [0.05, 0.1) is 11.6 Å². The molecule has 5 heteroatoms. The summed E-state index contributed by atoms with van der Waals surface area (Å²) in [6, 6.07) is 10.6. The Morgan fingerprint density at radius 1 is 1.05 bits per heavy atom. The lowest BCUT2D eigenvalue weighted by Gasteiger charge is -2.37. The van der Waals surface area contributed by atoms with E-state index in [2.05, 4.69) is 45.2 Å². The fourth-order valence-electron chi connectivity index (χ4n) is 3.06. The first-order chi connectivity index (χ1) is 10.2. The van der Waals surface area contributed by atoms with E-state index in [0.717, 1.165) is 37.4 Å². The zero-order valence-electron chi connectivity index (χ0n) is 12.6. The Kier molecular flexibility index (Phi) is 4.06. The summed E-state index contributed by atoms with van der Waals surface area (Å²) in [5.41, 5.74) is 3.50. The molecule has 1 aliphatic heterocycles. The number of nitrogens with zero attached hydrogens (tertiary/aromatic N) is 4. The Balaban J connectivity index is 1.74. The zero-order chi connectivity index (χ0) is 14.8. The lowest BCUT2D eigenvalue weighted by molar-refractivity contribution is 0.623. The predicted molar refractivity (Wildman–Crippen MR) is 88.4 cm³/mol. The number of benzene rings is 1. The quantitative estimate of drug-likeness (QED) is 0.815. The molecule has 1 aromatic carbocycles. The van der Waals surface area contributed by atoms with Crippen molar-refractivity contribution in [3.05, 3.63) is 41.6 Å². The molecule has 1 saturated heterocycles.